The number of rotatable bonds is 7. The average Bonchev–Trinajstić information content (AvgIpc) is 2.90. The van der Waals surface area contributed by atoms with Crippen molar-refractivity contribution in [2.45, 2.75) is 32.9 Å². The number of hydrogen-bond donors (Lipinski definition) is 2. The van der Waals surface area contributed by atoms with Crippen LogP contribution in [-0.2, 0) is 11.8 Å². The molecule has 1 aromatic rings. The molecule has 7 heteroatoms. The van der Waals surface area contributed by atoms with E-state index in [0.717, 1.165) is 12.5 Å². The van der Waals surface area contributed by atoms with Crippen LogP contribution in [0.1, 0.15) is 32.4 Å². The van der Waals surface area contributed by atoms with E-state index in [-0.39, 0.29) is 17.6 Å². The van der Waals surface area contributed by atoms with Gasteiger partial charge in [0.15, 0.2) is 5.96 Å². The molecule has 0 radical (unpaired) electrons. The second-order valence-corrected chi connectivity index (χ2v) is 7.35. The van der Waals surface area contributed by atoms with Crippen molar-refractivity contribution in [2.24, 2.45) is 17.5 Å². The SMILES string of the molecule is CN=C(NCC(c1cnn(C)c1)N(C)C)NCC(OC)C(C)(C)C. The van der Waals surface area contributed by atoms with Gasteiger partial charge in [-0.15, -0.1) is 0 Å². The largest absolute Gasteiger partial charge is 0.379 e. The number of guanidine groups is 1. The second-order valence-electron chi connectivity index (χ2n) is 7.35. The van der Waals surface area contributed by atoms with Gasteiger partial charge in [-0.05, 0) is 19.5 Å². The van der Waals surface area contributed by atoms with Crippen LogP contribution in [0.15, 0.2) is 17.4 Å². The summed E-state index contributed by atoms with van der Waals surface area (Å²) < 4.78 is 7.41. The maximum absolute atomic E-state index is 5.58. The number of nitrogens with zero attached hydrogens (tertiary/aromatic N) is 4. The van der Waals surface area contributed by atoms with Crippen LogP contribution < -0.4 is 10.6 Å². The summed E-state index contributed by atoms with van der Waals surface area (Å²) in [5.74, 6) is 0.775. The van der Waals surface area contributed by atoms with Crippen molar-refractivity contribution in [1.82, 2.24) is 25.3 Å². The average molecular weight is 339 g/mol. The minimum Gasteiger partial charge on any atom is -0.379 e. The Morgan fingerprint density at radius 2 is 1.96 bits per heavy atom. The molecule has 0 spiro atoms. The molecule has 0 bridgehead atoms. The number of ether oxygens (including phenoxy) is 1. The first kappa shape index (κ1) is 20.4. The number of aliphatic imine (C=N–C) groups is 1. The molecule has 138 valence electrons. The number of nitrogens with one attached hydrogen (secondary N) is 2. The van der Waals surface area contributed by atoms with Gasteiger partial charge in [0, 0.05) is 46.1 Å². The monoisotopic (exact) mass is 338 g/mol. The lowest BCUT2D eigenvalue weighted by Crippen LogP contribution is -2.47. The standard InChI is InChI=1S/C17H34N6O/c1-17(2,3)15(24-8)11-20-16(18-4)19-10-14(22(5)6)13-9-21-23(7)12-13/h9,12,14-15H,10-11H2,1-8H3,(H2,18,19,20). The van der Waals surface area contributed by atoms with Gasteiger partial charge in [-0.1, -0.05) is 20.8 Å². The molecule has 0 saturated carbocycles. The van der Waals surface area contributed by atoms with Crippen molar-refractivity contribution >= 4 is 5.96 Å². The molecule has 0 saturated heterocycles. The van der Waals surface area contributed by atoms with E-state index in [1.165, 1.54) is 5.56 Å². The Labute approximate surface area is 146 Å². The van der Waals surface area contributed by atoms with E-state index in [0.29, 0.717) is 6.54 Å². The van der Waals surface area contributed by atoms with Crippen molar-refractivity contribution < 1.29 is 4.74 Å². The van der Waals surface area contributed by atoms with Crippen molar-refractivity contribution in [1.29, 1.82) is 0 Å². The molecule has 1 heterocycles. The Kier molecular flexibility index (Phi) is 7.69. The minimum atomic E-state index is 0.0719. The highest BCUT2D eigenvalue weighted by Gasteiger charge is 2.24. The van der Waals surface area contributed by atoms with Crippen LogP contribution >= 0.6 is 0 Å². The topological polar surface area (TPSA) is 66.7 Å². The first-order valence-electron chi connectivity index (χ1n) is 8.31. The van der Waals surface area contributed by atoms with Crippen LogP contribution in [0, 0.1) is 5.41 Å². The van der Waals surface area contributed by atoms with E-state index < -0.39 is 0 Å². The predicted octanol–water partition coefficient (Wildman–Crippen LogP) is 1.25. The number of methoxy groups -OCH3 is 1. The molecule has 1 aromatic heterocycles. The summed E-state index contributed by atoms with van der Waals surface area (Å²) in [6.07, 6.45) is 4.06. The fourth-order valence-electron chi connectivity index (χ4n) is 2.56. The van der Waals surface area contributed by atoms with Gasteiger partial charge in [0.05, 0.1) is 18.3 Å². The fourth-order valence-corrected chi connectivity index (χ4v) is 2.56. The summed E-state index contributed by atoms with van der Waals surface area (Å²) in [6.45, 7) is 7.96. The quantitative estimate of drug-likeness (QED) is 0.578. The van der Waals surface area contributed by atoms with Crippen LogP contribution in [-0.4, -0.2) is 68.1 Å². The molecule has 0 amide bonds. The summed E-state index contributed by atoms with van der Waals surface area (Å²) in [5, 5.41) is 11.0. The molecule has 0 fully saturated rings. The van der Waals surface area contributed by atoms with Gasteiger partial charge in [0.25, 0.3) is 0 Å². The highest BCUT2D eigenvalue weighted by atomic mass is 16.5. The van der Waals surface area contributed by atoms with Gasteiger partial charge in [-0.25, -0.2) is 0 Å². The van der Waals surface area contributed by atoms with Crippen LogP contribution in [0.25, 0.3) is 0 Å². The third kappa shape index (κ3) is 6.13. The Balaban J connectivity index is 2.61. The zero-order chi connectivity index (χ0) is 18.3. The molecule has 0 aliphatic rings. The molecule has 2 atom stereocenters. The summed E-state index contributed by atoms with van der Waals surface area (Å²) in [6, 6.07) is 0.220. The van der Waals surface area contributed by atoms with Crippen LogP contribution in [0.4, 0.5) is 0 Å². The smallest absolute Gasteiger partial charge is 0.191 e. The predicted molar refractivity (Wildman–Crippen MR) is 99.3 cm³/mol. The highest BCUT2D eigenvalue weighted by molar-refractivity contribution is 5.79. The van der Waals surface area contributed by atoms with Crippen molar-refractivity contribution in [3.63, 3.8) is 0 Å². The highest BCUT2D eigenvalue weighted by Crippen LogP contribution is 2.21. The van der Waals surface area contributed by atoms with Crippen molar-refractivity contribution in [3.8, 4) is 0 Å². The molecule has 0 aliphatic heterocycles. The van der Waals surface area contributed by atoms with E-state index in [1.54, 1.807) is 14.2 Å². The summed E-state index contributed by atoms with van der Waals surface area (Å²) in [5.41, 5.74) is 1.25. The Hall–Kier alpha value is -1.60. The lowest BCUT2D eigenvalue weighted by Gasteiger charge is -2.30. The van der Waals surface area contributed by atoms with Gasteiger partial charge < -0.3 is 20.3 Å². The molecule has 24 heavy (non-hydrogen) atoms. The van der Waals surface area contributed by atoms with E-state index in [2.05, 4.69) is 60.5 Å². The molecule has 2 N–H and O–H groups in total. The van der Waals surface area contributed by atoms with Gasteiger partial charge in [0.1, 0.15) is 0 Å². The number of aryl methyl sites for hydroxylation is 1. The molecule has 0 aliphatic carbocycles. The van der Waals surface area contributed by atoms with Gasteiger partial charge in [-0.3, -0.25) is 9.67 Å². The Morgan fingerprint density at radius 3 is 2.38 bits per heavy atom. The molecule has 2 unspecified atom stereocenters. The third-order valence-corrected chi connectivity index (χ3v) is 4.12. The molecular weight excluding hydrogens is 304 g/mol. The Morgan fingerprint density at radius 1 is 1.33 bits per heavy atom. The van der Waals surface area contributed by atoms with Gasteiger partial charge >= 0.3 is 0 Å². The van der Waals surface area contributed by atoms with Crippen LogP contribution in [0.5, 0.6) is 0 Å². The number of likely N-dealkylation sites (N-methyl/N-ethyl adjacent to an activating group) is 1. The fraction of sp³-hybridized carbons (Fsp3) is 0.765. The van der Waals surface area contributed by atoms with Crippen molar-refractivity contribution in [2.75, 3.05) is 41.3 Å². The molecule has 1 rings (SSSR count). The first-order valence-corrected chi connectivity index (χ1v) is 8.31. The lowest BCUT2D eigenvalue weighted by molar-refractivity contribution is 0.0205. The zero-order valence-electron chi connectivity index (χ0n) is 16.4. The van der Waals surface area contributed by atoms with E-state index in [9.17, 15) is 0 Å². The summed E-state index contributed by atoms with van der Waals surface area (Å²) in [7, 11) is 9.59. The minimum absolute atomic E-state index is 0.0719. The number of hydrogen-bond acceptors (Lipinski definition) is 4. The van der Waals surface area contributed by atoms with E-state index in [1.807, 2.05) is 24.1 Å². The second kappa shape index (κ2) is 9.03. The maximum atomic E-state index is 5.58. The normalized spacial score (nSPS) is 15.5. The summed E-state index contributed by atoms with van der Waals surface area (Å²) in [4.78, 5) is 6.48. The lowest BCUT2D eigenvalue weighted by atomic mass is 9.89. The molecule has 0 aromatic carbocycles. The maximum Gasteiger partial charge on any atom is 0.191 e. The Bertz CT molecular complexity index is 517. The van der Waals surface area contributed by atoms with Crippen LogP contribution in [0.3, 0.4) is 0 Å². The summed E-state index contributed by atoms with van der Waals surface area (Å²) >= 11 is 0. The van der Waals surface area contributed by atoms with Gasteiger partial charge in [-0.2, -0.15) is 5.10 Å². The van der Waals surface area contributed by atoms with E-state index >= 15 is 0 Å². The van der Waals surface area contributed by atoms with E-state index in [4.69, 9.17) is 4.74 Å². The van der Waals surface area contributed by atoms with Gasteiger partial charge in [0.2, 0.25) is 0 Å². The third-order valence-electron chi connectivity index (χ3n) is 4.12. The molecule has 7 nitrogen and oxygen atoms in total. The number of aromatic nitrogens is 2. The van der Waals surface area contributed by atoms with Crippen molar-refractivity contribution in [3.05, 3.63) is 18.0 Å². The zero-order valence-corrected chi connectivity index (χ0v) is 16.4. The molecular formula is C17H34N6O. The first-order chi connectivity index (χ1) is 11.2. The van der Waals surface area contributed by atoms with Crippen LogP contribution in [0.2, 0.25) is 0 Å².